The Hall–Kier alpha value is -1.32. The van der Waals surface area contributed by atoms with Crippen molar-refractivity contribution in [2.45, 2.75) is 64.7 Å². The lowest BCUT2D eigenvalue weighted by molar-refractivity contribution is -0.137. The molecule has 4 nitrogen and oxygen atoms in total. The maximum atomic E-state index is 11.4. The highest BCUT2D eigenvalue weighted by Gasteiger charge is 2.06. The summed E-state index contributed by atoms with van der Waals surface area (Å²) in [7, 11) is 0. The predicted octanol–water partition coefficient (Wildman–Crippen LogP) is 3.62. The van der Waals surface area contributed by atoms with Gasteiger partial charge in [0.2, 0.25) is 5.91 Å². The van der Waals surface area contributed by atoms with Crippen LogP contribution in [0.2, 0.25) is 0 Å². The van der Waals surface area contributed by atoms with Crippen molar-refractivity contribution in [3.63, 3.8) is 0 Å². The number of carboxylic acids is 1. The number of hydrogen-bond acceptors (Lipinski definition) is 2. The van der Waals surface area contributed by atoms with Crippen LogP contribution >= 0.6 is 0 Å². The Bertz CT molecular complexity index is 289. The fourth-order valence-corrected chi connectivity index (χ4v) is 2.19. The highest BCUT2D eigenvalue weighted by atomic mass is 16.4. The van der Waals surface area contributed by atoms with Crippen LogP contribution < -0.4 is 0 Å². The molecule has 4 heteroatoms. The number of aliphatic carboxylic acids is 1. The first-order chi connectivity index (χ1) is 9.61. The SMILES string of the molecule is C=CC(=O)N(CC)CCCCCCCCCCC(=O)O. The third-order valence-electron chi connectivity index (χ3n) is 3.44. The molecule has 20 heavy (non-hydrogen) atoms. The number of carbonyl (C=O) groups excluding carboxylic acids is 1. The molecule has 1 amide bonds. The lowest BCUT2D eigenvalue weighted by Gasteiger charge is -2.18. The standard InChI is InChI=1S/C16H29NO3/c1-3-15(18)17(4-2)14-12-10-8-6-5-7-9-11-13-16(19)20/h3H,1,4-14H2,2H3,(H,19,20). The number of amides is 1. The zero-order chi connectivity index (χ0) is 15.2. The van der Waals surface area contributed by atoms with E-state index < -0.39 is 5.97 Å². The number of unbranched alkanes of at least 4 members (excludes halogenated alkanes) is 7. The van der Waals surface area contributed by atoms with Crippen molar-refractivity contribution in [3.8, 4) is 0 Å². The van der Waals surface area contributed by atoms with Gasteiger partial charge in [-0.3, -0.25) is 9.59 Å². The molecule has 0 aliphatic heterocycles. The smallest absolute Gasteiger partial charge is 0.303 e. The minimum Gasteiger partial charge on any atom is -0.481 e. The van der Waals surface area contributed by atoms with Crippen LogP contribution in [0, 0.1) is 0 Å². The van der Waals surface area contributed by atoms with E-state index in [4.69, 9.17) is 5.11 Å². The molecule has 0 aliphatic carbocycles. The Balaban J connectivity index is 3.33. The summed E-state index contributed by atoms with van der Waals surface area (Å²) in [6, 6.07) is 0. The van der Waals surface area contributed by atoms with Crippen molar-refractivity contribution in [2.24, 2.45) is 0 Å². The van der Waals surface area contributed by atoms with Gasteiger partial charge in [0.25, 0.3) is 0 Å². The second-order valence-corrected chi connectivity index (χ2v) is 5.09. The topological polar surface area (TPSA) is 57.6 Å². The van der Waals surface area contributed by atoms with Gasteiger partial charge in [-0.25, -0.2) is 0 Å². The summed E-state index contributed by atoms with van der Waals surface area (Å²) in [6.45, 7) is 7.05. The molecular weight excluding hydrogens is 254 g/mol. The Morgan fingerprint density at radius 3 is 1.95 bits per heavy atom. The molecule has 0 spiro atoms. The van der Waals surface area contributed by atoms with Crippen LogP contribution in [0.25, 0.3) is 0 Å². The average molecular weight is 283 g/mol. The molecule has 0 saturated heterocycles. The van der Waals surface area contributed by atoms with Crippen LogP contribution in [0.15, 0.2) is 12.7 Å². The second-order valence-electron chi connectivity index (χ2n) is 5.09. The van der Waals surface area contributed by atoms with Crippen LogP contribution in [0.5, 0.6) is 0 Å². The van der Waals surface area contributed by atoms with Crippen LogP contribution in [-0.4, -0.2) is 35.0 Å². The zero-order valence-corrected chi connectivity index (χ0v) is 12.8. The fourth-order valence-electron chi connectivity index (χ4n) is 2.19. The first-order valence-corrected chi connectivity index (χ1v) is 7.75. The summed E-state index contributed by atoms with van der Waals surface area (Å²) in [6.07, 6.45) is 10.4. The Labute approximate surface area is 122 Å². The minimum atomic E-state index is -0.695. The van der Waals surface area contributed by atoms with Crippen LogP contribution in [0.1, 0.15) is 64.7 Å². The van der Waals surface area contributed by atoms with E-state index in [0.717, 1.165) is 45.2 Å². The Morgan fingerprint density at radius 2 is 1.50 bits per heavy atom. The van der Waals surface area contributed by atoms with E-state index in [0.29, 0.717) is 6.42 Å². The number of nitrogens with zero attached hydrogens (tertiary/aromatic N) is 1. The van der Waals surface area contributed by atoms with Gasteiger partial charge >= 0.3 is 5.97 Å². The lowest BCUT2D eigenvalue weighted by atomic mass is 10.1. The highest BCUT2D eigenvalue weighted by molar-refractivity contribution is 5.86. The van der Waals surface area contributed by atoms with Gasteiger partial charge in [-0.15, -0.1) is 0 Å². The van der Waals surface area contributed by atoms with Crippen molar-refractivity contribution in [1.82, 2.24) is 4.90 Å². The van der Waals surface area contributed by atoms with Gasteiger partial charge in [-0.2, -0.15) is 0 Å². The molecule has 0 rings (SSSR count). The summed E-state index contributed by atoms with van der Waals surface area (Å²) in [5.41, 5.74) is 0. The summed E-state index contributed by atoms with van der Waals surface area (Å²) >= 11 is 0. The van der Waals surface area contributed by atoms with E-state index in [1.165, 1.54) is 25.3 Å². The van der Waals surface area contributed by atoms with Crippen LogP contribution in [0.4, 0.5) is 0 Å². The molecule has 0 heterocycles. The van der Waals surface area contributed by atoms with Crippen molar-refractivity contribution in [3.05, 3.63) is 12.7 Å². The summed E-state index contributed by atoms with van der Waals surface area (Å²) in [5.74, 6) is -0.675. The van der Waals surface area contributed by atoms with E-state index in [-0.39, 0.29) is 5.91 Å². The monoisotopic (exact) mass is 283 g/mol. The van der Waals surface area contributed by atoms with E-state index in [2.05, 4.69) is 6.58 Å². The number of hydrogen-bond donors (Lipinski definition) is 1. The molecule has 0 aromatic heterocycles. The van der Waals surface area contributed by atoms with Gasteiger partial charge in [0.1, 0.15) is 0 Å². The van der Waals surface area contributed by atoms with Gasteiger partial charge in [0.15, 0.2) is 0 Å². The molecule has 0 aromatic carbocycles. The maximum Gasteiger partial charge on any atom is 0.303 e. The molecule has 0 radical (unpaired) electrons. The average Bonchev–Trinajstić information content (AvgIpc) is 2.44. The summed E-state index contributed by atoms with van der Waals surface area (Å²) in [5, 5.41) is 8.50. The first kappa shape index (κ1) is 18.7. The second kappa shape index (κ2) is 12.7. The molecule has 0 unspecified atom stereocenters. The number of carbonyl (C=O) groups is 2. The number of rotatable bonds is 13. The number of carboxylic acid groups (broad SMARTS) is 1. The summed E-state index contributed by atoms with van der Waals surface area (Å²) < 4.78 is 0. The van der Waals surface area contributed by atoms with Gasteiger partial charge in [-0.1, -0.05) is 45.1 Å². The molecule has 0 aromatic rings. The molecule has 0 fully saturated rings. The van der Waals surface area contributed by atoms with Crippen LogP contribution in [0.3, 0.4) is 0 Å². The zero-order valence-electron chi connectivity index (χ0n) is 12.8. The largest absolute Gasteiger partial charge is 0.481 e. The highest BCUT2D eigenvalue weighted by Crippen LogP contribution is 2.10. The van der Waals surface area contributed by atoms with Gasteiger partial charge in [0.05, 0.1) is 0 Å². The van der Waals surface area contributed by atoms with Crippen molar-refractivity contribution >= 4 is 11.9 Å². The lowest BCUT2D eigenvalue weighted by Crippen LogP contribution is -2.29. The van der Waals surface area contributed by atoms with Crippen molar-refractivity contribution in [2.75, 3.05) is 13.1 Å². The maximum absolute atomic E-state index is 11.4. The molecule has 116 valence electrons. The van der Waals surface area contributed by atoms with Gasteiger partial charge in [-0.05, 0) is 25.8 Å². The predicted molar refractivity (Wildman–Crippen MR) is 81.6 cm³/mol. The molecule has 0 saturated carbocycles. The van der Waals surface area contributed by atoms with Crippen molar-refractivity contribution < 1.29 is 14.7 Å². The summed E-state index contributed by atoms with van der Waals surface area (Å²) in [4.78, 5) is 23.6. The molecule has 0 aliphatic rings. The third-order valence-corrected chi connectivity index (χ3v) is 3.44. The molecule has 0 bridgehead atoms. The fraction of sp³-hybridized carbons (Fsp3) is 0.750. The van der Waals surface area contributed by atoms with Gasteiger partial charge < -0.3 is 10.0 Å². The Kier molecular flexibility index (Phi) is 11.9. The van der Waals surface area contributed by atoms with Crippen molar-refractivity contribution in [1.29, 1.82) is 0 Å². The van der Waals surface area contributed by atoms with E-state index >= 15 is 0 Å². The minimum absolute atomic E-state index is 0.0194. The Morgan fingerprint density at radius 1 is 1.00 bits per heavy atom. The van der Waals surface area contributed by atoms with E-state index in [1.54, 1.807) is 0 Å². The van der Waals surface area contributed by atoms with Crippen LogP contribution in [-0.2, 0) is 9.59 Å². The van der Waals surface area contributed by atoms with E-state index in [1.807, 2.05) is 11.8 Å². The molecule has 1 N–H and O–H groups in total. The normalized spacial score (nSPS) is 10.2. The van der Waals surface area contributed by atoms with Gasteiger partial charge in [0, 0.05) is 19.5 Å². The quantitative estimate of drug-likeness (QED) is 0.415. The van der Waals surface area contributed by atoms with E-state index in [9.17, 15) is 9.59 Å². The third kappa shape index (κ3) is 10.6. The molecule has 0 atom stereocenters. The first-order valence-electron chi connectivity index (χ1n) is 7.75. The number of likely N-dealkylation sites (N-methyl/N-ethyl adjacent to an activating group) is 1. The molecular formula is C16H29NO3.